The van der Waals surface area contributed by atoms with Crippen LogP contribution in [0.4, 0.5) is 0 Å². The predicted octanol–water partition coefficient (Wildman–Crippen LogP) is 4.73. The van der Waals surface area contributed by atoms with Crippen molar-refractivity contribution in [2.45, 2.75) is 84.2 Å². The molecule has 0 aliphatic heterocycles. The highest BCUT2D eigenvalue weighted by Gasteiger charge is 2.17. The molecule has 0 fully saturated rings. The average Bonchev–Trinajstić information content (AvgIpc) is 2.44. The Hall–Kier alpha value is -0.570. The van der Waals surface area contributed by atoms with Crippen LogP contribution in [0.2, 0.25) is 0 Å². The van der Waals surface area contributed by atoms with E-state index in [1.807, 2.05) is 0 Å². The Bertz CT molecular complexity index is 226. The van der Waals surface area contributed by atoms with Crippen LogP contribution in [0.3, 0.4) is 0 Å². The van der Waals surface area contributed by atoms with Crippen LogP contribution in [0.5, 0.6) is 0 Å². The third-order valence-corrected chi connectivity index (χ3v) is 3.75. The number of hydrogen-bond donors (Lipinski definition) is 0. The van der Waals surface area contributed by atoms with E-state index in [0.29, 0.717) is 0 Å². The second kappa shape index (κ2) is 13.4. The standard InChI is InChI=1S/C17H34O3/c1-15(2)13-11-9-7-5-6-8-10-12-14-16(19-3)17(18)20-4/h15-16H,5-14H2,1-4H3. The molecule has 120 valence electrons. The average molecular weight is 286 g/mol. The molecule has 3 nitrogen and oxygen atoms in total. The predicted molar refractivity (Wildman–Crippen MR) is 83.8 cm³/mol. The highest BCUT2D eigenvalue weighted by atomic mass is 16.6. The normalized spacial score (nSPS) is 12.7. The van der Waals surface area contributed by atoms with Crippen LogP contribution >= 0.6 is 0 Å². The van der Waals surface area contributed by atoms with Crippen molar-refractivity contribution < 1.29 is 14.3 Å². The molecule has 0 aliphatic rings. The Balaban J connectivity index is 3.29. The lowest BCUT2D eigenvalue weighted by Gasteiger charge is -2.12. The van der Waals surface area contributed by atoms with Crippen molar-refractivity contribution in [3.05, 3.63) is 0 Å². The molecule has 1 unspecified atom stereocenters. The molecule has 0 aromatic carbocycles. The molecule has 20 heavy (non-hydrogen) atoms. The Kier molecular flexibility index (Phi) is 13.0. The molecular formula is C17H34O3. The molecule has 0 N–H and O–H groups in total. The molecule has 0 heterocycles. The first-order valence-electron chi connectivity index (χ1n) is 8.22. The molecular weight excluding hydrogens is 252 g/mol. The molecule has 0 amide bonds. The van der Waals surface area contributed by atoms with Gasteiger partial charge in [-0.05, 0) is 12.3 Å². The lowest BCUT2D eigenvalue weighted by Crippen LogP contribution is -2.24. The van der Waals surface area contributed by atoms with Crippen molar-refractivity contribution in [1.29, 1.82) is 0 Å². The molecule has 0 rings (SSSR count). The zero-order valence-corrected chi connectivity index (χ0v) is 14.0. The summed E-state index contributed by atoms with van der Waals surface area (Å²) in [6.07, 6.45) is 12.1. The number of carbonyl (C=O) groups excluding carboxylic acids is 1. The monoisotopic (exact) mass is 286 g/mol. The van der Waals surface area contributed by atoms with Gasteiger partial charge in [0.15, 0.2) is 6.10 Å². The lowest BCUT2D eigenvalue weighted by atomic mass is 10.0. The van der Waals surface area contributed by atoms with Gasteiger partial charge in [-0.15, -0.1) is 0 Å². The topological polar surface area (TPSA) is 35.5 Å². The number of esters is 1. The molecule has 0 aliphatic carbocycles. The van der Waals surface area contributed by atoms with E-state index in [1.54, 1.807) is 7.11 Å². The van der Waals surface area contributed by atoms with Crippen LogP contribution in [0.25, 0.3) is 0 Å². The second-order valence-corrected chi connectivity index (χ2v) is 6.05. The van der Waals surface area contributed by atoms with E-state index in [2.05, 4.69) is 18.6 Å². The maximum atomic E-state index is 11.3. The first-order valence-corrected chi connectivity index (χ1v) is 8.22. The molecule has 0 radical (unpaired) electrons. The molecule has 0 aromatic rings. The fourth-order valence-corrected chi connectivity index (χ4v) is 2.41. The highest BCUT2D eigenvalue weighted by molar-refractivity contribution is 5.74. The first-order chi connectivity index (χ1) is 9.61. The summed E-state index contributed by atoms with van der Waals surface area (Å²) in [7, 11) is 2.98. The molecule has 3 heteroatoms. The van der Waals surface area contributed by atoms with Gasteiger partial charge in [0, 0.05) is 7.11 Å². The molecule has 0 saturated carbocycles. The van der Waals surface area contributed by atoms with Crippen LogP contribution in [0.15, 0.2) is 0 Å². The first kappa shape index (κ1) is 19.4. The summed E-state index contributed by atoms with van der Waals surface area (Å²) in [5.74, 6) is 0.594. The maximum Gasteiger partial charge on any atom is 0.334 e. The zero-order valence-electron chi connectivity index (χ0n) is 14.0. The number of unbranched alkanes of at least 4 members (excludes halogenated alkanes) is 7. The van der Waals surface area contributed by atoms with Crippen molar-refractivity contribution in [3.8, 4) is 0 Å². The molecule has 0 aromatic heterocycles. The Morgan fingerprint density at radius 3 is 1.65 bits per heavy atom. The summed E-state index contributed by atoms with van der Waals surface area (Å²) in [6, 6.07) is 0. The van der Waals surface area contributed by atoms with E-state index in [0.717, 1.165) is 18.8 Å². The van der Waals surface area contributed by atoms with E-state index < -0.39 is 0 Å². The fraction of sp³-hybridized carbons (Fsp3) is 0.941. The van der Waals surface area contributed by atoms with Crippen molar-refractivity contribution in [2.24, 2.45) is 5.92 Å². The van der Waals surface area contributed by atoms with Gasteiger partial charge in [0.25, 0.3) is 0 Å². The summed E-state index contributed by atoms with van der Waals surface area (Å²) >= 11 is 0. The van der Waals surface area contributed by atoms with Gasteiger partial charge in [-0.1, -0.05) is 71.6 Å². The number of carbonyl (C=O) groups is 1. The molecule has 0 spiro atoms. The van der Waals surface area contributed by atoms with Crippen molar-refractivity contribution in [3.63, 3.8) is 0 Å². The number of hydrogen-bond acceptors (Lipinski definition) is 3. The molecule has 1 atom stereocenters. The van der Waals surface area contributed by atoms with Gasteiger partial charge in [-0.2, -0.15) is 0 Å². The third kappa shape index (κ3) is 11.3. The Morgan fingerprint density at radius 2 is 1.25 bits per heavy atom. The van der Waals surface area contributed by atoms with Crippen molar-refractivity contribution in [1.82, 2.24) is 0 Å². The minimum absolute atomic E-state index is 0.252. The highest BCUT2D eigenvalue weighted by Crippen LogP contribution is 2.14. The molecule has 0 bridgehead atoms. The summed E-state index contributed by atoms with van der Waals surface area (Å²) in [6.45, 7) is 4.59. The van der Waals surface area contributed by atoms with Gasteiger partial charge in [0.2, 0.25) is 0 Å². The van der Waals surface area contributed by atoms with Gasteiger partial charge >= 0.3 is 5.97 Å². The van der Waals surface area contributed by atoms with Crippen molar-refractivity contribution in [2.75, 3.05) is 14.2 Å². The Morgan fingerprint density at radius 1 is 0.800 bits per heavy atom. The van der Waals surface area contributed by atoms with Gasteiger partial charge < -0.3 is 9.47 Å². The van der Waals surface area contributed by atoms with Gasteiger partial charge in [0.1, 0.15) is 0 Å². The minimum Gasteiger partial charge on any atom is -0.467 e. The summed E-state index contributed by atoms with van der Waals surface area (Å²) in [5.41, 5.74) is 0. The largest absolute Gasteiger partial charge is 0.467 e. The minimum atomic E-state index is -0.379. The lowest BCUT2D eigenvalue weighted by molar-refractivity contribution is -0.152. The van der Waals surface area contributed by atoms with Crippen molar-refractivity contribution >= 4 is 5.97 Å². The maximum absolute atomic E-state index is 11.3. The van der Waals surface area contributed by atoms with E-state index in [-0.39, 0.29) is 12.1 Å². The van der Waals surface area contributed by atoms with Gasteiger partial charge in [-0.3, -0.25) is 0 Å². The van der Waals surface area contributed by atoms with E-state index in [4.69, 9.17) is 4.74 Å². The number of ether oxygens (including phenoxy) is 2. The van der Waals surface area contributed by atoms with E-state index in [1.165, 1.54) is 58.5 Å². The fourth-order valence-electron chi connectivity index (χ4n) is 2.41. The number of methoxy groups -OCH3 is 2. The summed E-state index contributed by atoms with van der Waals surface area (Å²) in [5, 5.41) is 0. The van der Waals surface area contributed by atoms with Crippen LogP contribution in [0, 0.1) is 5.92 Å². The second-order valence-electron chi connectivity index (χ2n) is 6.05. The van der Waals surface area contributed by atoms with E-state index >= 15 is 0 Å². The smallest absolute Gasteiger partial charge is 0.334 e. The summed E-state index contributed by atoms with van der Waals surface area (Å²) in [4.78, 5) is 11.3. The number of rotatable bonds is 13. The van der Waals surface area contributed by atoms with Crippen LogP contribution < -0.4 is 0 Å². The Labute approximate surface area is 125 Å². The van der Waals surface area contributed by atoms with Crippen LogP contribution in [-0.2, 0) is 14.3 Å². The molecule has 0 saturated heterocycles. The van der Waals surface area contributed by atoms with Crippen LogP contribution in [0.1, 0.15) is 78.1 Å². The zero-order chi connectivity index (χ0) is 15.2. The van der Waals surface area contributed by atoms with E-state index in [9.17, 15) is 4.79 Å². The third-order valence-electron chi connectivity index (χ3n) is 3.75. The SMILES string of the molecule is COC(=O)C(CCCCCCCCCCC(C)C)OC. The van der Waals surface area contributed by atoms with Gasteiger partial charge in [-0.25, -0.2) is 4.79 Å². The van der Waals surface area contributed by atoms with Crippen LogP contribution in [-0.4, -0.2) is 26.3 Å². The summed E-state index contributed by atoms with van der Waals surface area (Å²) < 4.78 is 9.81. The van der Waals surface area contributed by atoms with Gasteiger partial charge in [0.05, 0.1) is 7.11 Å². The quantitative estimate of drug-likeness (QED) is 0.362.